The average Bonchev–Trinajstić information content (AvgIpc) is 3.12. The molecule has 0 radical (unpaired) electrons. The van der Waals surface area contributed by atoms with Crippen LogP contribution in [0.25, 0.3) is 0 Å². The van der Waals surface area contributed by atoms with Crippen LogP contribution in [-0.2, 0) is 4.79 Å². The maximum atomic E-state index is 12.2. The van der Waals surface area contributed by atoms with Crippen LogP contribution in [0.2, 0.25) is 0 Å². The third kappa shape index (κ3) is 3.54. The third-order valence-electron chi connectivity index (χ3n) is 3.46. The minimum absolute atomic E-state index is 0.0467. The van der Waals surface area contributed by atoms with Crippen molar-refractivity contribution in [3.05, 3.63) is 0 Å². The van der Waals surface area contributed by atoms with E-state index in [9.17, 15) is 14.7 Å². The summed E-state index contributed by atoms with van der Waals surface area (Å²) in [6, 6.07) is -0.912. The van der Waals surface area contributed by atoms with E-state index >= 15 is 0 Å². The van der Waals surface area contributed by atoms with Crippen molar-refractivity contribution in [2.24, 2.45) is 5.92 Å². The van der Waals surface area contributed by atoms with Crippen molar-refractivity contribution in [3.63, 3.8) is 0 Å². The van der Waals surface area contributed by atoms with Crippen LogP contribution >= 0.6 is 11.8 Å². The molecule has 0 aromatic rings. The van der Waals surface area contributed by atoms with Gasteiger partial charge in [0.2, 0.25) is 0 Å². The molecular weight excluding hydrogens is 266 g/mol. The number of aliphatic carboxylic acids is 1. The van der Waals surface area contributed by atoms with Gasteiger partial charge in [0.1, 0.15) is 6.04 Å². The summed E-state index contributed by atoms with van der Waals surface area (Å²) in [4.78, 5) is 25.0. The highest BCUT2D eigenvalue weighted by Crippen LogP contribution is 2.45. The largest absolute Gasteiger partial charge is 0.480 e. The van der Waals surface area contributed by atoms with E-state index in [1.165, 1.54) is 0 Å². The maximum Gasteiger partial charge on any atom is 0.327 e. The lowest BCUT2D eigenvalue weighted by Crippen LogP contribution is -2.51. The van der Waals surface area contributed by atoms with Gasteiger partial charge in [0.05, 0.1) is 5.37 Å². The molecule has 2 aliphatic rings. The summed E-state index contributed by atoms with van der Waals surface area (Å²) in [6.45, 7) is 1.41. The van der Waals surface area contributed by atoms with Gasteiger partial charge in [-0.05, 0) is 38.8 Å². The summed E-state index contributed by atoms with van der Waals surface area (Å²) >= 11 is 1.60. The highest BCUT2D eigenvalue weighted by atomic mass is 32.2. The molecule has 2 amide bonds. The molecule has 2 rings (SSSR count). The van der Waals surface area contributed by atoms with Gasteiger partial charge in [-0.3, -0.25) is 4.90 Å². The van der Waals surface area contributed by atoms with Crippen LogP contribution in [0.5, 0.6) is 0 Å². The highest BCUT2D eigenvalue weighted by Gasteiger charge is 2.47. The van der Waals surface area contributed by atoms with Crippen molar-refractivity contribution in [3.8, 4) is 0 Å². The molecule has 1 aliphatic carbocycles. The molecule has 0 bridgehead atoms. The third-order valence-corrected chi connectivity index (χ3v) is 4.92. The van der Waals surface area contributed by atoms with Gasteiger partial charge in [-0.25, -0.2) is 9.59 Å². The van der Waals surface area contributed by atoms with Crippen LogP contribution in [0.15, 0.2) is 0 Å². The van der Waals surface area contributed by atoms with Crippen LogP contribution in [0.3, 0.4) is 0 Å². The van der Waals surface area contributed by atoms with Crippen molar-refractivity contribution in [1.29, 1.82) is 0 Å². The van der Waals surface area contributed by atoms with Crippen LogP contribution in [0.4, 0.5) is 4.79 Å². The molecule has 108 valence electrons. The van der Waals surface area contributed by atoms with E-state index < -0.39 is 12.0 Å². The summed E-state index contributed by atoms with van der Waals surface area (Å²) < 4.78 is 0. The lowest BCUT2D eigenvalue weighted by Gasteiger charge is -2.27. The zero-order valence-corrected chi connectivity index (χ0v) is 11.9. The first-order valence-corrected chi connectivity index (χ1v) is 7.75. The fraction of sp³-hybridized carbons (Fsp3) is 0.833. The number of carbonyl (C=O) groups excluding carboxylic acids is 1. The second kappa shape index (κ2) is 6.47. The van der Waals surface area contributed by atoms with Gasteiger partial charge in [0, 0.05) is 12.3 Å². The Hall–Kier alpha value is -0.950. The van der Waals surface area contributed by atoms with E-state index in [-0.39, 0.29) is 11.4 Å². The monoisotopic (exact) mass is 287 g/mol. The first-order chi connectivity index (χ1) is 9.15. The van der Waals surface area contributed by atoms with E-state index in [1.54, 1.807) is 16.7 Å². The Morgan fingerprint density at radius 1 is 1.37 bits per heavy atom. The van der Waals surface area contributed by atoms with Crippen molar-refractivity contribution < 1.29 is 14.7 Å². The molecular formula is C12H21N3O3S. The zero-order valence-electron chi connectivity index (χ0n) is 11.1. The topological polar surface area (TPSA) is 81.7 Å². The summed E-state index contributed by atoms with van der Waals surface area (Å²) in [7, 11) is 1.86. The smallest absolute Gasteiger partial charge is 0.327 e. The number of carboxylic acid groups (broad SMARTS) is 1. The number of hydrogen-bond acceptors (Lipinski definition) is 4. The molecule has 0 aromatic carbocycles. The van der Waals surface area contributed by atoms with Crippen LogP contribution in [0, 0.1) is 5.92 Å². The normalized spacial score (nSPS) is 26.5. The van der Waals surface area contributed by atoms with Gasteiger partial charge in [-0.2, -0.15) is 0 Å². The van der Waals surface area contributed by atoms with Gasteiger partial charge in [-0.15, -0.1) is 11.8 Å². The molecule has 1 saturated carbocycles. The quantitative estimate of drug-likeness (QED) is 0.621. The first kappa shape index (κ1) is 14.5. The van der Waals surface area contributed by atoms with Crippen molar-refractivity contribution in [1.82, 2.24) is 15.5 Å². The second-order valence-electron chi connectivity index (χ2n) is 5.01. The van der Waals surface area contributed by atoms with E-state index in [1.807, 2.05) is 7.05 Å². The molecule has 1 aliphatic heterocycles. The molecule has 0 aromatic heterocycles. The summed E-state index contributed by atoms with van der Waals surface area (Å²) in [5.74, 6) is 0.0823. The number of rotatable bonds is 6. The van der Waals surface area contributed by atoms with Crippen LogP contribution in [-0.4, -0.2) is 59.3 Å². The number of thioether (sulfide) groups is 1. The average molecular weight is 287 g/mol. The molecule has 7 heteroatoms. The number of carbonyl (C=O) groups is 2. The lowest BCUT2D eigenvalue weighted by atomic mass is 10.2. The van der Waals surface area contributed by atoms with Gasteiger partial charge < -0.3 is 15.7 Å². The predicted molar refractivity (Wildman–Crippen MR) is 74.2 cm³/mol. The van der Waals surface area contributed by atoms with E-state index in [0.717, 1.165) is 25.8 Å². The van der Waals surface area contributed by atoms with Gasteiger partial charge in [0.25, 0.3) is 0 Å². The standard InChI is InChI=1S/C12H21N3O3S/c1-13-5-2-6-14-12(18)15-9(11(16)17)7-19-10(15)8-3-4-8/h8-10,13H,2-7H2,1H3,(H,14,18)(H,16,17). The van der Waals surface area contributed by atoms with Gasteiger partial charge >= 0.3 is 12.0 Å². The molecule has 1 saturated heterocycles. The maximum absolute atomic E-state index is 12.2. The molecule has 0 spiro atoms. The number of hydrogen-bond donors (Lipinski definition) is 3. The number of carboxylic acids is 1. The SMILES string of the molecule is CNCCCNC(=O)N1C(C(=O)O)CSC1C1CC1. The molecule has 19 heavy (non-hydrogen) atoms. The minimum Gasteiger partial charge on any atom is -0.480 e. The van der Waals surface area contributed by atoms with E-state index in [0.29, 0.717) is 18.2 Å². The molecule has 2 unspecified atom stereocenters. The Morgan fingerprint density at radius 2 is 2.11 bits per heavy atom. The van der Waals surface area contributed by atoms with Crippen molar-refractivity contribution >= 4 is 23.8 Å². The van der Waals surface area contributed by atoms with E-state index in [4.69, 9.17) is 0 Å². The predicted octanol–water partition coefficient (Wildman–Crippen LogP) is 0.544. The van der Waals surface area contributed by atoms with Crippen molar-refractivity contribution in [2.75, 3.05) is 25.9 Å². The number of nitrogens with zero attached hydrogens (tertiary/aromatic N) is 1. The lowest BCUT2D eigenvalue weighted by molar-refractivity contribution is -0.141. The Labute approximate surface area is 117 Å². The molecule has 6 nitrogen and oxygen atoms in total. The minimum atomic E-state index is -0.902. The fourth-order valence-electron chi connectivity index (χ4n) is 2.27. The molecule has 1 heterocycles. The second-order valence-corrected chi connectivity index (χ2v) is 6.16. The van der Waals surface area contributed by atoms with Gasteiger partial charge in [-0.1, -0.05) is 0 Å². The summed E-state index contributed by atoms with van der Waals surface area (Å²) in [6.07, 6.45) is 3.05. The number of nitrogens with one attached hydrogen (secondary N) is 2. The van der Waals surface area contributed by atoms with Crippen molar-refractivity contribution in [2.45, 2.75) is 30.7 Å². The van der Waals surface area contributed by atoms with Crippen LogP contribution < -0.4 is 10.6 Å². The Balaban J connectivity index is 1.91. The molecule has 3 N–H and O–H groups in total. The van der Waals surface area contributed by atoms with E-state index in [2.05, 4.69) is 10.6 Å². The zero-order chi connectivity index (χ0) is 13.8. The Morgan fingerprint density at radius 3 is 2.68 bits per heavy atom. The highest BCUT2D eigenvalue weighted by molar-refractivity contribution is 8.00. The molecule has 2 atom stereocenters. The molecule has 2 fully saturated rings. The Kier molecular flexibility index (Phi) is 4.93. The number of amides is 2. The first-order valence-electron chi connectivity index (χ1n) is 6.70. The number of urea groups is 1. The fourth-order valence-corrected chi connectivity index (χ4v) is 3.90. The van der Waals surface area contributed by atoms with Gasteiger partial charge in [0.15, 0.2) is 0 Å². The Bertz CT molecular complexity index is 349. The summed E-state index contributed by atoms with van der Waals surface area (Å²) in [5, 5.41) is 15.1. The summed E-state index contributed by atoms with van der Waals surface area (Å²) in [5.41, 5.74) is 0. The van der Waals surface area contributed by atoms with Crippen LogP contribution in [0.1, 0.15) is 19.3 Å².